The minimum Gasteiger partial charge on any atom is -0.145 e. The van der Waals surface area contributed by atoms with Crippen LogP contribution in [-0.4, -0.2) is 7.11 Å². The fourth-order valence-electron chi connectivity index (χ4n) is 0.258. The lowest BCUT2D eigenvalue weighted by atomic mass is 10.5. The van der Waals surface area contributed by atoms with Crippen molar-refractivity contribution in [3.05, 3.63) is 11.9 Å². The van der Waals surface area contributed by atoms with Crippen LogP contribution in [0.15, 0.2) is 11.9 Å². The molecule has 46 valence electrons. The van der Waals surface area contributed by atoms with Crippen LogP contribution < -0.4 is 0 Å². The topological polar surface area (TPSA) is 26.3 Å². The molecule has 0 aromatic carbocycles. The van der Waals surface area contributed by atoms with Gasteiger partial charge in [0.1, 0.15) is 0 Å². The van der Waals surface area contributed by atoms with Gasteiger partial charge >= 0.3 is 8.03 Å². The van der Waals surface area contributed by atoms with Crippen molar-refractivity contribution in [3.8, 4) is 0 Å². The van der Waals surface area contributed by atoms with Gasteiger partial charge in [-0.15, -0.1) is 4.52 Å². The van der Waals surface area contributed by atoms with E-state index in [0.717, 1.165) is 6.42 Å². The fourth-order valence-corrected chi connectivity index (χ4v) is 0.775. The Balaban J connectivity index is 3.64. The lowest BCUT2D eigenvalue weighted by Gasteiger charge is -1.79. The molecule has 0 aromatic heterocycles. The molecule has 0 radical (unpaired) electrons. The summed E-state index contributed by atoms with van der Waals surface area (Å²) >= 11 is 0. The second-order valence-electron chi connectivity index (χ2n) is 1.36. The third kappa shape index (κ3) is 2.20. The third-order valence-electron chi connectivity index (χ3n) is 0.832. The van der Waals surface area contributed by atoms with E-state index in [4.69, 9.17) is 0 Å². The van der Waals surface area contributed by atoms with Crippen molar-refractivity contribution < 1.29 is 9.09 Å². The molecule has 0 amide bonds. The van der Waals surface area contributed by atoms with Crippen LogP contribution in [0.5, 0.6) is 0 Å². The molecule has 0 spiro atoms. The summed E-state index contributed by atoms with van der Waals surface area (Å²) in [7, 11) is -0.168. The highest BCUT2D eigenvalue weighted by Crippen LogP contribution is 2.32. The molecule has 0 bridgehead atoms. The van der Waals surface area contributed by atoms with E-state index in [1.165, 1.54) is 7.11 Å². The molecule has 3 heteroatoms. The zero-order chi connectivity index (χ0) is 6.57. The molecule has 0 fully saturated rings. The van der Waals surface area contributed by atoms with Gasteiger partial charge in [0, 0.05) is 6.42 Å². The van der Waals surface area contributed by atoms with Gasteiger partial charge in [0.05, 0.1) is 7.11 Å². The van der Waals surface area contributed by atoms with Crippen LogP contribution in [-0.2, 0) is 9.09 Å². The van der Waals surface area contributed by atoms with E-state index in [1.54, 1.807) is 0 Å². The molecule has 0 heterocycles. The van der Waals surface area contributed by atoms with E-state index in [-0.39, 0.29) is 0 Å². The normalized spacial score (nSPS) is 11.0. The predicted octanol–water partition coefficient (Wildman–Crippen LogP) is 2.30. The van der Waals surface area contributed by atoms with Crippen LogP contribution in [0.3, 0.4) is 0 Å². The number of rotatable bonds is 3. The van der Waals surface area contributed by atoms with Gasteiger partial charge in [0.15, 0.2) is 5.31 Å². The first-order valence-electron chi connectivity index (χ1n) is 2.41. The van der Waals surface area contributed by atoms with Gasteiger partial charge in [-0.3, -0.25) is 0 Å². The summed E-state index contributed by atoms with van der Waals surface area (Å²) in [6.45, 7) is 5.43. The molecule has 0 aliphatic heterocycles. The Morgan fingerprint density at radius 2 is 2.38 bits per heavy atom. The van der Waals surface area contributed by atoms with Crippen LogP contribution in [0.2, 0.25) is 0 Å². The molecule has 1 unspecified atom stereocenters. The molecule has 0 aromatic rings. The Bertz CT molecular complexity index is 95.0. The maximum absolute atomic E-state index is 10.6. The van der Waals surface area contributed by atoms with Crippen molar-refractivity contribution in [3.63, 3.8) is 0 Å². The highest BCUT2D eigenvalue weighted by molar-refractivity contribution is 7.44. The minimum absolute atomic E-state index is 0.669. The molecule has 0 aliphatic carbocycles. The fraction of sp³-hybridized carbons (Fsp3) is 0.600. The van der Waals surface area contributed by atoms with E-state index in [9.17, 15) is 4.57 Å². The molecule has 0 N–H and O–H groups in total. The first-order chi connectivity index (χ1) is 3.72. The lowest BCUT2D eigenvalue weighted by molar-refractivity contribution is 0.419. The van der Waals surface area contributed by atoms with Crippen LogP contribution >= 0.6 is 8.03 Å². The third-order valence-corrected chi connectivity index (χ3v) is 2.00. The highest BCUT2D eigenvalue weighted by atomic mass is 31.1. The van der Waals surface area contributed by atoms with Crippen molar-refractivity contribution in [2.45, 2.75) is 13.3 Å². The molecule has 0 saturated carbocycles. The molecule has 1 atom stereocenters. The summed E-state index contributed by atoms with van der Waals surface area (Å²) in [6, 6.07) is 0. The van der Waals surface area contributed by atoms with Crippen molar-refractivity contribution in [1.82, 2.24) is 0 Å². The molecular formula is C5H10O2P+. The highest BCUT2D eigenvalue weighted by Gasteiger charge is 2.17. The van der Waals surface area contributed by atoms with Crippen molar-refractivity contribution >= 4 is 8.03 Å². The Morgan fingerprint density at radius 3 is 2.50 bits per heavy atom. The summed E-state index contributed by atoms with van der Waals surface area (Å²) in [5, 5.41) is 0.669. The van der Waals surface area contributed by atoms with Crippen molar-refractivity contribution in [2.75, 3.05) is 7.11 Å². The lowest BCUT2D eigenvalue weighted by Crippen LogP contribution is -1.70. The monoisotopic (exact) mass is 133 g/mol. The zero-order valence-corrected chi connectivity index (χ0v) is 6.07. The molecular weight excluding hydrogens is 123 g/mol. The standard InChI is InChI=1S/C5H10O2P/c1-4-5(2)8(6)7-3/h2,4H2,1,3H3/q+1. The van der Waals surface area contributed by atoms with E-state index >= 15 is 0 Å². The number of allylic oxidation sites excluding steroid dienone is 1. The van der Waals surface area contributed by atoms with E-state index in [2.05, 4.69) is 11.1 Å². The summed E-state index contributed by atoms with van der Waals surface area (Å²) in [6.07, 6.45) is 0.725. The van der Waals surface area contributed by atoms with Gasteiger partial charge in [0.25, 0.3) is 0 Å². The molecule has 0 aliphatic rings. The largest absolute Gasteiger partial charge is 0.543 e. The predicted molar refractivity (Wildman–Crippen MR) is 34.0 cm³/mol. The van der Waals surface area contributed by atoms with E-state index in [0.29, 0.717) is 5.31 Å². The van der Waals surface area contributed by atoms with Gasteiger partial charge in [-0.2, -0.15) is 0 Å². The number of hydrogen-bond acceptors (Lipinski definition) is 2. The van der Waals surface area contributed by atoms with Gasteiger partial charge in [-0.25, -0.2) is 0 Å². The van der Waals surface area contributed by atoms with Crippen LogP contribution in [0.4, 0.5) is 0 Å². The van der Waals surface area contributed by atoms with Crippen LogP contribution in [0.25, 0.3) is 0 Å². The van der Waals surface area contributed by atoms with Crippen molar-refractivity contribution in [1.29, 1.82) is 0 Å². The molecule has 0 rings (SSSR count). The first kappa shape index (κ1) is 7.80. The van der Waals surface area contributed by atoms with Gasteiger partial charge < -0.3 is 0 Å². The Kier molecular flexibility index (Phi) is 3.67. The smallest absolute Gasteiger partial charge is 0.145 e. The summed E-state index contributed by atoms with van der Waals surface area (Å²) in [5.74, 6) is 0. The second-order valence-corrected chi connectivity index (χ2v) is 2.87. The summed E-state index contributed by atoms with van der Waals surface area (Å²) in [4.78, 5) is 0. The van der Waals surface area contributed by atoms with E-state index in [1.807, 2.05) is 6.92 Å². The van der Waals surface area contributed by atoms with Crippen LogP contribution in [0, 0.1) is 0 Å². The van der Waals surface area contributed by atoms with Gasteiger partial charge in [0.2, 0.25) is 0 Å². The maximum Gasteiger partial charge on any atom is 0.543 e. The second kappa shape index (κ2) is 3.76. The maximum atomic E-state index is 10.6. The van der Waals surface area contributed by atoms with Gasteiger partial charge in [-0.05, 0) is 11.1 Å². The van der Waals surface area contributed by atoms with Gasteiger partial charge in [-0.1, -0.05) is 6.92 Å². The minimum atomic E-state index is -1.58. The zero-order valence-electron chi connectivity index (χ0n) is 5.18. The SMILES string of the molecule is C=C(CC)[P+](=O)OC. The Morgan fingerprint density at radius 1 is 1.88 bits per heavy atom. The Hall–Kier alpha value is -0.200. The summed E-state index contributed by atoms with van der Waals surface area (Å²) < 4.78 is 15.1. The average Bonchev–Trinajstić information content (AvgIpc) is 1.84. The number of hydrogen-bond donors (Lipinski definition) is 0. The quantitative estimate of drug-likeness (QED) is 0.552. The first-order valence-corrected chi connectivity index (χ1v) is 3.59. The molecule has 8 heavy (non-hydrogen) atoms. The summed E-state index contributed by atoms with van der Waals surface area (Å²) in [5.41, 5.74) is 0. The van der Waals surface area contributed by atoms with E-state index < -0.39 is 8.03 Å². The van der Waals surface area contributed by atoms with Crippen LogP contribution in [0.1, 0.15) is 13.3 Å². The van der Waals surface area contributed by atoms with Crippen molar-refractivity contribution in [2.24, 2.45) is 0 Å². The molecule has 2 nitrogen and oxygen atoms in total. The molecule has 0 saturated heterocycles. The average molecular weight is 133 g/mol. The Labute approximate surface area is 50.4 Å².